The van der Waals surface area contributed by atoms with E-state index in [0.29, 0.717) is 19.6 Å². The second-order valence-electron chi connectivity index (χ2n) is 8.97. The molecule has 0 fully saturated rings. The molecule has 0 bridgehead atoms. The van der Waals surface area contributed by atoms with E-state index in [1.807, 2.05) is 13.8 Å². The van der Waals surface area contributed by atoms with E-state index in [-0.39, 0.29) is 17.0 Å². The molecular weight excluding hydrogens is 354 g/mol. The van der Waals surface area contributed by atoms with Crippen molar-refractivity contribution in [2.75, 3.05) is 32.8 Å². The Labute approximate surface area is 172 Å². The van der Waals surface area contributed by atoms with Gasteiger partial charge in [-0.1, -0.05) is 12.8 Å². The van der Waals surface area contributed by atoms with Crippen molar-refractivity contribution < 1.29 is 9.53 Å². The molecule has 0 aromatic heterocycles. The number of nitrogens with one attached hydrogen (secondary N) is 2. The van der Waals surface area contributed by atoms with Crippen LogP contribution in [0.2, 0.25) is 0 Å². The molecule has 28 heavy (non-hydrogen) atoms. The van der Waals surface area contributed by atoms with Crippen LogP contribution in [0.15, 0.2) is 0 Å². The van der Waals surface area contributed by atoms with Crippen LogP contribution >= 0.6 is 0 Å². The highest BCUT2D eigenvalue weighted by molar-refractivity contribution is 5.82. The molecule has 0 aromatic rings. The van der Waals surface area contributed by atoms with Gasteiger partial charge in [0, 0.05) is 12.1 Å². The largest absolute Gasteiger partial charge is 0.375 e. The molecule has 0 spiro atoms. The number of carbonyl (C=O) groups excluding carboxylic acids is 1. The normalized spacial score (nSPS) is 13.5. The maximum Gasteiger partial charge on any atom is 0.237 e. The number of amides is 1. The predicted molar refractivity (Wildman–Crippen MR) is 118 cm³/mol. The molecule has 0 heterocycles. The summed E-state index contributed by atoms with van der Waals surface area (Å²) in [7, 11) is 0. The van der Waals surface area contributed by atoms with Crippen LogP contribution in [0.25, 0.3) is 0 Å². The molecule has 0 aliphatic carbocycles. The minimum absolute atomic E-state index is 0.0971. The molecule has 0 rings (SSSR count). The number of carbonyl (C=O) groups is 1. The highest BCUT2D eigenvalue weighted by Crippen LogP contribution is 2.17. The van der Waals surface area contributed by atoms with Gasteiger partial charge >= 0.3 is 0 Å². The maximum atomic E-state index is 12.3. The lowest BCUT2D eigenvalue weighted by Crippen LogP contribution is -2.51. The van der Waals surface area contributed by atoms with Crippen molar-refractivity contribution in [2.45, 2.75) is 96.2 Å². The van der Waals surface area contributed by atoms with Gasteiger partial charge in [-0.25, -0.2) is 0 Å². The van der Waals surface area contributed by atoms with Gasteiger partial charge in [0.2, 0.25) is 5.91 Å². The van der Waals surface area contributed by atoms with Crippen molar-refractivity contribution >= 4 is 5.91 Å². The number of nitrogens with two attached hydrogens (primary N) is 3. The van der Waals surface area contributed by atoms with Gasteiger partial charge in [-0.2, -0.15) is 0 Å². The number of ether oxygens (including phenoxy) is 1. The molecule has 0 aliphatic heterocycles. The van der Waals surface area contributed by atoms with E-state index in [1.54, 1.807) is 0 Å². The van der Waals surface area contributed by atoms with E-state index < -0.39 is 6.04 Å². The fourth-order valence-corrected chi connectivity index (χ4v) is 2.87. The molecule has 8 N–H and O–H groups in total. The Morgan fingerprint density at radius 3 is 2.21 bits per heavy atom. The number of unbranched alkanes of at least 4 members (excludes halogenated alkanes) is 3. The van der Waals surface area contributed by atoms with Crippen LogP contribution in [0.1, 0.15) is 79.1 Å². The van der Waals surface area contributed by atoms with Crippen molar-refractivity contribution in [3.05, 3.63) is 0 Å². The summed E-state index contributed by atoms with van der Waals surface area (Å²) in [5, 5.41) is 6.52. The van der Waals surface area contributed by atoms with Gasteiger partial charge in [0.1, 0.15) is 0 Å². The molecule has 1 unspecified atom stereocenters. The summed E-state index contributed by atoms with van der Waals surface area (Å²) in [6.07, 6.45) is 7.58. The predicted octanol–water partition coefficient (Wildman–Crippen LogP) is 1.63. The van der Waals surface area contributed by atoms with Crippen LogP contribution in [-0.4, -0.2) is 55.9 Å². The zero-order valence-electron chi connectivity index (χ0n) is 18.8. The van der Waals surface area contributed by atoms with Crippen molar-refractivity contribution in [1.29, 1.82) is 0 Å². The van der Waals surface area contributed by atoms with Crippen LogP contribution in [0.3, 0.4) is 0 Å². The van der Waals surface area contributed by atoms with E-state index in [1.165, 1.54) is 12.8 Å². The summed E-state index contributed by atoms with van der Waals surface area (Å²) in [5.74, 6) is -0.0971. The van der Waals surface area contributed by atoms with E-state index in [2.05, 4.69) is 24.5 Å². The number of rotatable bonds is 18. The monoisotopic (exact) mass is 401 g/mol. The smallest absolute Gasteiger partial charge is 0.237 e. The quantitative estimate of drug-likeness (QED) is 0.222. The van der Waals surface area contributed by atoms with Crippen molar-refractivity contribution in [3.63, 3.8) is 0 Å². The van der Waals surface area contributed by atoms with Crippen LogP contribution in [0.5, 0.6) is 0 Å². The first-order chi connectivity index (χ1) is 13.1. The van der Waals surface area contributed by atoms with E-state index >= 15 is 0 Å². The third kappa shape index (κ3) is 15.2. The molecule has 0 saturated carbocycles. The first-order valence-corrected chi connectivity index (χ1v) is 11.0. The van der Waals surface area contributed by atoms with Gasteiger partial charge in [-0.15, -0.1) is 0 Å². The highest BCUT2D eigenvalue weighted by Gasteiger charge is 2.25. The second kappa shape index (κ2) is 15.2. The Morgan fingerprint density at radius 2 is 1.57 bits per heavy atom. The molecule has 1 atom stereocenters. The highest BCUT2D eigenvalue weighted by atomic mass is 16.5. The van der Waals surface area contributed by atoms with E-state index in [4.69, 9.17) is 21.9 Å². The van der Waals surface area contributed by atoms with Crippen molar-refractivity contribution in [1.82, 2.24) is 10.6 Å². The second-order valence-corrected chi connectivity index (χ2v) is 8.97. The molecule has 168 valence electrons. The summed E-state index contributed by atoms with van der Waals surface area (Å²) in [6, 6.07) is -0.473. The molecule has 7 nitrogen and oxygen atoms in total. The molecule has 0 aliphatic rings. The lowest BCUT2D eigenvalue weighted by Gasteiger charge is -2.31. The zero-order valence-corrected chi connectivity index (χ0v) is 18.8. The van der Waals surface area contributed by atoms with Crippen molar-refractivity contribution in [3.8, 4) is 0 Å². The summed E-state index contributed by atoms with van der Waals surface area (Å²) in [4.78, 5) is 12.3. The van der Waals surface area contributed by atoms with E-state index in [9.17, 15) is 4.79 Å². The standard InChI is InChI=1S/C21H47N5O2/c1-20(2,26-19(27)18(24)10-6-8-14-23)12-17-28-21(3,4)11-16-25-15-9-5-7-13-22/h18,25H,5-17,22-24H2,1-4H3,(H,26,27). The van der Waals surface area contributed by atoms with Crippen molar-refractivity contribution in [2.24, 2.45) is 17.2 Å². The van der Waals surface area contributed by atoms with Gasteiger partial charge in [-0.05, 0) is 92.4 Å². The summed E-state index contributed by atoms with van der Waals surface area (Å²) < 4.78 is 6.08. The third-order valence-electron chi connectivity index (χ3n) is 4.95. The van der Waals surface area contributed by atoms with Crippen LogP contribution < -0.4 is 27.8 Å². The zero-order chi connectivity index (χ0) is 21.5. The Morgan fingerprint density at radius 1 is 0.929 bits per heavy atom. The topological polar surface area (TPSA) is 128 Å². The molecule has 7 heteroatoms. The van der Waals surface area contributed by atoms with Gasteiger partial charge in [0.05, 0.1) is 11.6 Å². The lowest BCUT2D eigenvalue weighted by atomic mass is 9.99. The average molecular weight is 402 g/mol. The minimum atomic E-state index is -0.473. The van der Waals surface area contributed by atoms with Gasteiger partial charge in [0.15, 0.2) is 0 Å². The lowest BCUT2D eigenvalue weighted by molar-refractivity contribution is -0.124. The molecule has 0 saturated heterocycles. The van der Waals surface area contributed by atoms with Gasteiger partial charge in [0.25, 0.3) is 0 Å². The van der Waals surface area contributed by atoms with Crippen LogP contribution in [-0.2, 0) is 9.53 Å². The fourth-order valence-electron chi connectivity index (χ4n) is 2.87. The average Bonchev–Trinajstić information content (AvgIpc) is 2.60. The molecular formula is C21H47N5O2. The SMILES string of the molecule is CC(C)(CCOC(C)(C)CCNCCCCCN)NC(=O)C(N)CCCCN. The van der Waals surface area contributed by atoms with E-state index in [0.717, 1.165) is 51.7 Å². The summed E-state index contributed by atoms with van der Waals surface area (Å²) >= 11 is 0. The Hall–Kier alpha value is -0.730. The molecule has 0 radical (unpaired) electrons. The Balaban J connectivity index is 4.01. The Bertz CT molecular complexity index is 402. The molecule has 1 amide bonds. The third-order valence-corrected chi connectivity index (χ3v) is 4.95. The van der Waals surface area contributed by atoms with Gasteiger partial charge < -0.3 is 32.6 Å². The number of hydrogen-bond donors (Lipinski definition) is 5. The molecule has 0 aromatic carbocycles. The van der Waals surface area contributed by atoms with Gasteiger partial charge in [-0.3, -0.25) is 4.79 Å². The Kier molecular flexibility index (Phi) is 14.8. The number of hydrogen-bond acceptors (Lipinski definition) is 6. The summed E-state index contributed by atoms with van der Waals surface area (Å²) in [6.45, 7) is 12.2. The van der Waals surface area contributed by atoms with Crippen LogP contribution in [0.4, 0.5) is 0 Å². The van der Waals surface area contributed by atoms with Crippen LogP contribution in [0, 0.1) is 0 Å². The summed E-state index contributed by atoms with van der Waals surface area (Å²) in [5.41, 5.74) is 16.4. The maximum absolute atomic E-state index is 12.3. The first kappa shape index (κ1) is 27.3. The fraction of sp³-hybridized carbons (Fsp3) is 0.952. The minimum Gasteiger partial charge on any atom is -0.375 e. The first-order valence-electron chi connectivity index (χ1n) is 11.0.